The van der Waals surface area contributed by atoms with Gasteiger partial charge in [-0.25, -0.2) is 9.59 Å². The summed E-state index contributed by atoms with van der Waals surface area (Å²) in [5.74, 6) is -1.61. The van der Waals surface area contributed by atoms with E-state index in [0.717, 1.165) is 34.3 Å². The molecule has 1 aliphatic heterocycles. The molecule has 194 valence electrons. The van der Waals surface area contributed by atoms with Crippen LogP contribution in [0.25, 0.3) is 17.1 Å². The monoisotopic (exact) mass is 504 g/mol. The number of benzene rings is 2. The number of hydrogen-bond donors (Lipinski definition) is 2. The Balaban J connectivity index is 0.000000414. The highest BCUT2D eigenvalue weighted by molar-refractivity contribution is 6.06. The van der Waals surface area contributed by atoms with Crippen molar-refractivity contribution >= 4 is 34.8 Å². The first-order valence-electron chi connectivity index (χ1n) is 12.1. The van der Waals surface area contributed by atoms with E-state index in [1.165, 1.54) is 25.9 Å². The van der Waals surface area contributed by atoms with Crippen LogP contribution in [0.15, 0.2) is 66.9 Å². The maximum Gasteiger partial charge on any atom is 0.328 e. The van der Waals surface area contributed by atoms with Gasteiger partial charge < -0.3 is 19.5 Å². The van der Waals surface area contributed by atoms with E-state index >= 15 is 0 Å². The van der Waals surface area contributed by atoms with Crippen LogP contribution in [-0.4, -0.2) is 63.6 Å². The van der Waals surface area contributed by atoms with Crippen LogP contribution in [0.2, 0.25) is 0 Å². The molecule has 1 fully saturated rings. The van der Waals surface area contributed by atoms with Crippen LogP contribution in [-0.2, 0) is 9.59 Å². The molecule has 0 radical (unpaired) electrons. The molecule has 2 N–H and O–H groups in total. The Morgan fingerprint density at radius 2 is 1.54 bits per heavy atom. The summed E-state index contributed by atoms with van der Waals surface area (Å²) in [5.41, 5.74) is 3.80. The van der Waals surface area contributed by atoms with Crippen molar-refractivity contribution in [1.82, 2.24) is 9.47 Å². The van der Waals surface area contributed by atoms with Crippen molar-refractivity contribution in [1.29, 1.82) is 0 Å². The zero-order chi connectivity index (χ0) is 26.8. The smallest absolute Gasteiger partial charge is 0.328 e. The number of carbonyl (C=O) groups excluding carboxylic acids is 1. The van der Waals surface area contributed by atoms with Crippen molar-refractivity contribution in [3.63, 3.8) is 0 Å². The van der Waals surface area contributed by atoms with Crippen molar-refractivity contribution in [2.75, 3.05) is 26.2 Å². The molecular weight excluding hydrogens is 472 g/mol. The van der Waals surface area contributed by atoms with Crippen LogP contribution >= 0.6 is 0 Å². The van der Waals surface area contributed by atoms with Gasteiger partial charge in [0.15, 0.2) is 5.78 Å². The van der Waals surface area contributed by atoms with Gasteiger partial charge in [0.1, 0.15) is 12.4 Å². The average molecular weight is 505 g/mol. The van der Waals surface area contributed by atoms with Gasteiger partial charge in [-0.15, -0.1) is 0 Å². The third-order valence-electron chi connectivity index (χ3n) is 5.98. The lowest BCUT2D eigenvalue weighted by molar-refractivity contribution is -0.134. The SMILES string of the molecule is Cc1cc(C(=O)C=Cn2ccc3ccccc32)cc(C)c1OCCN1CCCC1.O=C(O)C=CC(=O)O. The molecule has 8 heteroatoms. The number of hydrogen-bond acceptors (Lipinski definition) is 5. The molecule has 0 spiro atoms. The summed E-state index contributed by atoms with van der Waals surface area (Å²) >= 11 is 0. The van der Waals surface area contributed by atoms with E-state index in [9.17, 15) is 14.4 Å². The summed E-state index contributed by atoms with van der Waals surface area (Å²) in [7, 11) is 0. The number of aromatic nitrogens is 1. The minimum atomic E-state index is -1.26. The summed E-state index contributed by atoms with van der Waals surface area (Å²) in [6.45, 7) is 8.04. The first kappa shape index (κ1) is 27.4. The minimum absolute atomic E-state index is 0.00222. The van der Waals surface area contributed by atoms with Gasteiger partial charge in [-0.1, -0.05) is 18.2 Å². The van der Waals surface area contributed by atoms with Gasteiger partial charge in [-0.2, -0.15) is 0 Å². The fourth-order valence-corrected chi connectivity index (χ4v) is 4.22. The number of nitrogens with zero attached hydrogens (tertiary/aromatic N) is 2. The van der Waals surface area contributed by atoms with Crippen molar-refractivity contribution < 1.29 is 29.3 Å². The van der Waals surface area contributed by atoms with Crippen molar-refractivity contribution in [2.24, 2.45) is 0 Å². The second-order valence-electron chi connectivity index (χ2n) is 8.81. The first-order valence-corrected chi connectivity index (χ1v) is 12.1. The second kappa shape index (κ2) is 13.2. The quantitative estimate of drug-likeness (QED) is 0.318. The predicted molar refractivity (Wildman–Crippen MR) is 143 cm³/mol. The summed E-state index contributed by atoms with van der Waals surface area (Å²) < 4.78 is 8.03. The summed E-state index contributed by atoms with van der Waals surface area (Å²) in [5, 5.41) is 16.8. The highest BCUT2D eigenvalue weighted by Crippen LogP contribution is 2.25. The van der Waals surface area contributed by atoms with E-state index in [1.54, 1.807) is 6.08 Å². The lowest BCUT2D eigenvalue weighted by Crippen LogP contribution is -2.25. The Bertz CT molecular complexity index is 1280. The normalized spacial score (nSPS) is 13.7. The highest BCUT2D eigenvalue weighted by atomic mass is 16.5. The third-order valence-corrected chi connectivity index (χ3v) is 5.98. The van der Waals surface area contributed by atoms with Crippen LogP contribution < -0.4 is 4.74 Å². The zero-order valence-corrected chi connectivity index (χ0v) is 21.1. The van der Waals surface area contributed by atoms with Crippen LogP contribution in [0.4, 0.5) is 0 Å². The van der Waals surface area contributed by atoms with Crippen LogP contribution in [0.3, 0.4) is 0 Å². The number of ketones is 1. The van der Waals surface area contributed by atoms with Crippen molar-refractivity contribution in [3.05, 3.63) is 83.6 Å². The van der Waals surface area contributed by atoms with Gasteiger partial charge in [0.25, 0.3) is 0 Å². The molecule has 1 saturated heterocycles. The number of likely N-dealkylation sites (tertiary alicyclic amines) is 1. The summed E-state index contributed by atoms with van der Waals surface area (Å²) in [4.78, 5) is 34.3. The predicted octanol–water partition coefficient (Wildman–Crippen LogP) is 4.80. The molecule has 0 bridgehead atoms. The van der Waals surface area contributed by atoms with Crippen LogP contribution in [0, 0.1) is 13.8 Å². The number of allylic oxidation sites excluding steroid dienone is 1. The molecule has 3 aromatic rings. The van der Waals surface area contributed by atoms with E-state index in [2.05, 4.69) is 11.0 Å². The molecule has 37 heavy (non-hydrogen) atoms. The van der Waals surface area contributed by atoms with Gasteiger partial charge in [0.2, 0.25) is 0 Å². The van der Waals surface area contributed by atoms with Crippen molar-refractivity contribution in [3.8, 4) is 5.75 Å². The molecule has 2 aromatic carbocycles. The maximum atomic E-state index is 12.7. The van der Waals surface area contributed by atoms with Gasteiger partial charge in [0, 0.05) is 42.7 Å². The lowest BCUT2D eigenvalue weighted by atomic mass is 10.0. The highest BCUT2D eigenvalue weighted by Gasteiger charge is 2.13. The van der Waals surface area contributed by atoms with Crippen molar-refractivity contribution in [2.45, 2.75) is 26.7 Å². The number of carboxylic acid groups (broad SMARTS) is 2. The lowest BCUT2D eigenvalue weighted by Gasteiger charge is -2.17. The van der Waals surface area contributed by atoms with Crippen LogP contribution in [0.5, 0.6) is 5.75 Å². The molecule has 2 heterocycles. The topological polar surface area (TPSA) is 109 Å². The van der Waals surface area contributed by atoms with E-state index in [4.69, 9.17) is 14.9 Å². The Morgan fingerprint density at radius 1 is 0.919 bits per heavy atom. The number of aryl methyl sites for hydroxylation is 2. The fraction of sp³-hybridized carbons (Fsp3) is 0.276. The van der Waals surface area contributed by atoms with E-state index in [0.29, 0.717) is 24.3 Å². The molecule has 0 aliphatic carbocycles. The van der Waals surface area contributed by atoms with Crippen LogP contribution in [0.1, 0.15) is 34.3 Å². The molecule has 0 amide bonds. The minimum Gasteiger partial charge on any atom is -0.492 e. The van der Waals surface area contributed by atoms with E-state index in [1.807, 2.05) is 67.2 Å². The molecular formula is C29H32N2O6. The number of carbonyl (C=O) groups is 3. The standard InChI is InChI=1S/C25H28N2O2.C4H4O4/c1-19-17-22(18-20(2)25(19)29-16-15-26-11-5-6-12-26)24(28)10-14-27-13-9-21-7-3-4-8-23(21)27;5-3(6)1-2-4(7)8/h3-4,7-10,13-14,17-18H,5-6,11-12,15-16H2,1-2H3;1-2H,(H,5,6)(H,7,8). The molecule has 1 aliphatic rings. The fourth-order valence-electron chi connectivity index (χ4n) is 4.22. The molecule has 1 aromatic heterocycles. The first-order chi connectivity index (χ1) is 17.7. The Morgan fingerprint density at radius 3 is 2.16 bits per heavy atom. The Kier molecular flexibility index (Phi) is 9.80. The number of carboxylic acids is 2. The Labute approximate surface area is 216 Å². The van der Waals surface area contributed by atoms with Gasteiger partial charge in [-0.3, -0.25) is 9.69 Å². The van der Waals surface area contributed by atoms with Gasteiger partial charge in [-0.05, 0) is 80.6 Å². The number of aliphatic carboxylic acids is 2. The van der Waals surface area contributed by atoms with Gasteiger partial charge >= 0.3 is 11.9 Å². The van der Waals surface area contributed by atoms with E-state index < -0.39 is 11.9 Å². The number of rotatable bonds is 9. The number of ether oxygens (including phenoxy) is 1. The third kappa shape index (κ3) is 8.18. The molecule has 4 rings (SSSR count). The summed E-state index contributed by atoms with van der Waals surface area (Å²) in [6, 6.07) is 14.0. The second-order valence-corrected chi connectivity index (χ2v) is 8.81. The zero-order valence-electron chi connectivity index (χ0n) is 21.1. The van der Waals surface area contributed by atoms with E-state index in [-0.39, 0.29) is 5.78 Å². The molecule has 0 atom stereocenters. The Hall–Kier alpha value is -4.17. The number of fused-ring (bicyclic) bond motifs is 1. The molecule has 0 saturated carbocycles. The average Bonchev–Trinajstić information content (AvgIpc) is 3.53. The molecule has 8 nitrogen and oxygen atoms in total. The largest absolute Gasteiger partial charge is 0.492 e. The number of para-hydroxylation sites is 1. The maximum absolute atomic E-state index is 12.7. The molecule has 0 unspecified atom stereocenters. The van der Waals surface area contributed by atoms with Gasteiger partial charge in [0.05, 0.1) is 5.52 Å². The summed E-state index contributed by atoms with van der Waals surface area (Å²) in [6.07, 6.45) is 9.14.